The summed E-state index contributed by atoms with van der Waals surface area (Å²) in [5.74, 6) is 3.17. The summed E-state index contributed by atoms with van der Waals surface area (Å²) in [5.41, 5.74) is 1.23. The average molecular weight is 428 g/mol. The van der Waals surface area contributed by atoms with E-state index in [1.807, 2.05) is 12.1 Å². The van der Waals surface area contributed by atoms with Crippen molar-refractivity contribution in [2.45, 2.75) is 58.5 Å². The summed E-state index contributed by atoms with van der Waals surface area (Å²) in [4.78, 5) is 11.6. The van der Waals surface area contributed by atoms with Gasteiger partial charge in [0.15, 0.2) is 5.96 Å². The van der Waals surface area contributed by atoms with Crippen LogP contribution >= 0.6 is 0 Å². The van der Waals surface area contributed by atoms with Crippen molar-refractivity contribution in [1.82, 2.24) is 20.5 Å². The smallest absolute Gasteiger partial charge is 0.216 e. The van der Waals surface area contributed by atoms with Crippen LogP contribution in [0.5, 0.6) is 5.75 Å². The normalized spacial score (nSPS) is 16.4. The molecule has 1 fully saturated rings. The number of methoxy groups -OCH3 is 1. The Bertz CT molecular complexity index is 832. The zero-order valence-corrected chi connectivity index (χ0v) is 19.6. The molecule has 2 aromatic rings. The lowest BCUT2D eigenvalue weighted by Crippen LogP contribution is -2.42. The van der Waals surface area contributed by atoms with E-state index in [2.05, 4.69) is 60.3 Å². The van der Waals surface area contributed by atoms with Crippen molar-refractivity contribution in [3.05, 3.63) is 47.7 Å². The number of nitrogens with one attached hydrogen (secondary N) is 2. The molecule has 0 bridgehead atoms. The minimum Gasteiger partial charge on any atom is -0.497 e. The summed E-state index contributed by atoms with van der Waals surface area (Å²) < 4.78 is 11.2. The molecule has 1 aromatic heterocycles. The van der Waals surface area contributed by atoms with E-state index in [0.29, 0.717) is 12.4 Å². The molecule has 1 aromatic carbocycles. The van der Waals surface area contributed by atoms with Crippen molar-refractivity contribution < 1.29 is 9.15 Å². The fraction of sp³-hybridized carbons (Fsp3) is 0.583. The Labute approximate surface area is 186 Å². The monoisotopic (exact) mass is 427 g/mol. The van der Waals surface area contributed by atoms with E-state index in [1.54, 1.807) is 13.3 Å². The van der Waals surface area contributed by atoms with Crippen LogP contribution in [0.3, 0.4) is 0 Å². The van der Waals surface area contributed by atoms with Crippen molar-refractivity contribution in [1.29, 1.82) is 0 Å². The maximum absolute atomic E-state index is 5.88. The first-order chi connectivity index (χ1) is 14.9. The molecule has 1 aliphatic heterocycles. The Morgan fingerprint density at radius 1 is 1.19 bits per heavy atom. The predicted molar refractivity (Wildman–Crippen MR) is 125 cm³/mol. The molecular weight excluding hydrogens is 390 g/mol. The van der Waals surface area contributed by atoms with Crippen LogP contribution in [-0.4, -0.2) is 49.1 Å². The van der Waals surface area contributed by atoms with Gasteiger partial charge in [-0.25, -0.2) is 9.98 Å². The minimum atomic E-state index is -0.0565. The van der Waals surface area contributed by atoms with E-state index >= 15 is 0 Å². The Balaban J connectivity index is 1.68. The van der Waals surface area contributed by atoms with Crippen LogP contribution in [-0.2, 0) is 12.0 Å². The number of rotatable bonds is 8. The van der Waals surface area contributed by atoms with Gasteiger partial charge < -0.3 is 19.8 Å². The highest BCUT2D eigenvalue weighted by Gasteiger charge is 2.24. The van der Waals surface area contributed by atoms with Gasteiger partial charge >= 0.3 is 0 Å². The number of aromatic nitrogens is 1. The third-order valence-electron chi connectivity index (χ3n) is 5.55. The van der Waals surface area contributed by atoms with Crippen molar-refractivity contribution >= 4 is 5.96 Å². The summed E-state index contributed by atoms with van der Waals surface area (Å²) in [6.07, 6.45) is 4.31. The molecule has 3 rings (SSSR count). The van der Waals surface area contributed by atoms with Crippen molar-refractivity contribution in [3.63, 3.8) is 0 Å². The van der Waals surface area contributed by atoms with E-state index in [-0.39, 0.29) is 11.5 Å². The average Bonchev–Trinajstić information content (AvgIpc) is 3.44. The molecule has 0 saturated carbocycles. The molecule has 0 aliphatic carbocycles. The number of hydrogen-bond donors (Lipinski definition) is 2. The molecule has 7 nitrogen and oxygen atoms in total. The van der Waals surface area contributed by atoms with Crippen molar-refractivity contribution in [2.75, 3.05) is 33.3 Å². The van der Waals surface area contributed by atoms with Crippen LogP contribution < -0.4 is 15.4 Å². The number of nitrogens with zero attached hydrogens (tertiary/aromatic N) is 3. The maximum Gasteiger partial charge on any atom is 0.216 e. The van der Waals surface area contributed by atoms with Gasteiger partial charge in [0.05, 0.1) is 19.3 Å². The molecule has 1 saturated heterocycles. The zero-order valence-electron chi connectivity index (χ0n) is 19.6. The molecule has 1 atom stereocenters. The molecule has 1 aliphatic rings. The van der Waals surface area contributed by atoms with Gasteiger partial charge in [-0.15, -0.1) is 0 Å². The van der Waals surface area contributed by atoms with Crippen LogP contribution in [0.4, 0.5) is 0 Å². The number of oxazole rings is 1. The molecule has 0 amide bonds. The fourth-order valence-corrected chi connectivity index (χ4v) is 3.75. The second kappa shape index (κ2) is 10.7. The number of aliphatic imine (C=N–C) groups is 1. The number of benzene rings is 1. The number of guanidine groups is 1. The van der Waals surface area contributed by atoms with Gasteiger partial charge in [-0.05, 0) is 50.6 Å². The summed E-state index contributed by atoms with van der Waals surface area (Å²) in [7, 11) is 1.70. The minimum absolute atomic E-state index is 0.0565. The Hall–Kier alpha value is -2.54. The number of hydrogen-bond acceptors (Lipinski definition) is 5. The predicted octanol–water partition coefficient (Wildman–Crippen LogP) is 3.87. The SMILES string of the molecule is CCNC(=NCc1ncc(C(C)(C)C)o1)NCC(c1ccc(OC)cc1)N1CCCC1. The second-order valence-electron chi connectivity index (χ2n) is 8.98. The van der Waals surface area contributed by atoms with E-state index < -0.39 is 0 Å². The zero-order chi connectivity index (χ0) is 22.3. The molecule has 2 N–H and O–H groups in total. The van der Waals surface area contributed by atoms with Crippen molar-refractivity contribution in [2.24, 2.45) is 4.99 Å². The van der Waals surface area contributed by atoms with Gasteiger partial charge in [-0.2, -0.15) is 0 Å². The molecule has 2 heterocycles. The largest absolute Gasteiger partial charge is 0.497 e. The summed E-state index contributed by atoms with van der Waals surface area (Å²) in [6, 6.07) is 8.68. The molecular formula is C24H37N5O2. The Morgan fingerprint density at radius 3 is 2.48 bits per heavy atom. The number of ether oxygens (including phenoxy) is 1. The molecule has 0 radical (unpaired) electrons. The van der Waals surface area contributed by atoms with Crippen molar-refractivity contribution in [3.8, 4) is 5.75 Å². The van der Waals surface area contributed by atoms with E-state index in [9.17, 15) is 0 Å². The summed E-state index contributed by atoms with van der Waals surface area (Å²) >= 11 is 0. The van der Waals surface area contributed by atoms with Gasteiger partial charge in [0.1, 0.15) is 18.1 Å². The lowest BCUT2D eigenvalue weighted by atomic mass is 9.94. The standard InChI is InChI=1S/C24H37N5O2/c1-6-25-23(28-17-22-26-16-21(31-22)24(2,3)4)27-15-20(29-13-7-8-14-29)18-9-11-19(30-5)12-10-18/h9-12,16,20H,6-8,13-15,17H2,1-5H3,(H2,25,27,28). The first kappa shape index (κ1) is 23.1. The molecule has 31 heavy (non-hydrogen) atoms. The lowest BCUT2D eigenvalue weighted by molar-refractivity contribution is 0.245. The van der Waals surface area contributed by atoms with Gasteiger partial charge in [-0.1, -0.05) is 32.9 Å². The van der Waals surface area contributed by atoms with Gasteiger partial charge in [0.25, 0.3) is 0 Å². The third-order valence-corrected chi connectivity index (χ3v) is 5.55. The quantitative estimate of drug-likeness (QED) is 0.492. The molecule has 0 spiro atoms. The molecule has 7 heteroatoms. The highest BCUT2D eigenvalue weighted by molar-refractivity contribution is 5.79. The van der Waals surface area contributed by atoms with Gasteiger partial charge in [0.2, 0.25) is 5.89 Å². The van der Waals surface area contributed by atoms with E-state index in [4.69, 9.17) is 14.1 Å². The van der Waals surface area contributed by atoms with Crippen LogP contribution in [0.25, 0.3) is 0 Å². The molecule has 170 valence electrons. The van der Waals surface area contributed by atoms with E-state index in [1.165, 1.54) is 18.4 Å². The van der Waals surface area contributed by atoms with Crippen LogP contribution in [0.15, 0.2) is 39.9 Å². The highest BCUT2D eigenvalue weighted by Crippen LogP contribution is 2.26. The topological polar surface area (TPSA) is 74.9 Å². The highest BCUT2D eigenvalue weighted by atomic mass is 16.5. The summed E-state index contributed by atoms with van der Waals surface area (Å²) in [6.45, 7) is 12.6. The Kier molecular flexibility index (Phi) is 7.96. The first-order valence-electron chi connectivity index (χ1n) is 11.3. The van der Waals surface area contributed by atoms with Crippen LogP contribution in [0, 0.1) is 0 Å². The molecule has 1 unspecified atom stereocenters. The van der Waals surface area contributed by atoms with Crippen LogP contribution in [0.1, 0.15) is 63.8 Å². The third kappa shape index (κ3) is 6.47. The lowest BCUT2D eigenvalue weighted by Gasteiger charge is -2.29. The van der Waals surface area contributed by atoms with Crippen LogP contribution in [0.2, 0.25) is 0 Å². The Morgan fingerprint density at radius 2 is 1.90 bits per heavy atom. The summed E-state index contributed by atoms with van der Waals surface area (Å²) in [5, 5.41) is 6.87. The van der Waals surface area contributed by atoms with Gasteiger partial charge in [0, 0.05) is 18.5 Å². The first-order valence-corrected chi connectivity index (χ1v) is 11.3. The number of likely N-dealkylation sites (tertiary alicyclic amines) is 1. The second-order valence-corrected chi connectivity index (χ2v) is 8.98. The van der Waals surface area contributed by atoms with Gasteiger partial charge in [-0.3, -0.25) is 4.90 Å². The van der Waals surface area contributed by atoms with E-state index in [0.717, 1.165) is 43.6 Å². The maximum atomic E-state index is 5.88. The fourth-order valence-electron chi connectivity index (χ4n) is 3.75.